The molecular formula is C13H17NO2. The summed E-state index contributed by atoms with van der Waals surface area (Å²) in [5, 5.41) is 2.73. The second kappa shape index (κ2) is 5.01. The van der Waals surface area contributed by atoms with Crippen molar-refractivity contribution in [2.75, 3.05) is 5.32 Å². The van der Waals surface area contributed by atoms with Crippen LogP contribution in [-0.4, -0.2) is 12.0 Å². The number of rotatable bonds is 3. The van der Waals surface area contributed by atoms with Crippen LogP contribution in [0.25, 0.3) is 0 Å². The van der Waals surface area contributed by atoms with E-state index >= 15 is 0 Å². The summed E-state index contributed by atoms with van der Waals surface area (Å²) in [6.07, 6.45) is 5.25. The minimum absolute atomic E-state index is 0.0514. The highest BCUT2D eigenvalue weighted by Crippen LogP contribution is 2.24. The molecule has 0 unspecified atom stereocenters. The first-order valence-electron chi connectivity index (χ1n) is 5.78. The van der Waals surface area contributed by atoms with Gasteiger partial charge >= 0.3 is 0 Å². The lowest BCUT2D eigenvalue weighted by Gasteiger charge is -2.13. The summed E-state index contributed by atoms with van der Waals surface area (Å²) in [5.41, 5.74) is 0.811. The number of hydrogen-bond donors (Lipinski definition) is 1. The van der Waals surface area contributed by atoms with Crippen LogP contribution in [0.5, 0.6) is 5.75 Å². The third-order valence-electron chi connectivity index (χ3n) is 2.78. The van der Waals surface area contributed by atoms with Gasteiger partial charge in [0.1, 0.15) is 5.75 Å². The van der Waals surface area contributed by atoms with Gasteiger partial charge in [0.2, 0.25) is 5.91 Å². The van der Waals surface area contributed by atoms with Gasteiger partial charge in [0.25, 0.3) is 0 Å². The van der Waals surface area contributed by atoms with Crippen molar-refractivity contribution in [1.82, 2.24) is 0 Å². The molecule has 0 aromatic heterocycles. The molecule has 0 spiro atoms. The van der Waals surface area contributed by atoms with Crippen LogP contribution in [0, 0.1) is 0 Å². The molecule has 1 aromatic rings. The second-order valence-corrected chi connectivity index (χ2v) is 4.23. The number of carbonyl (C=O) groups excluding carboxylic acids is 1. The molecule has 1 saturated carbocycles. The molecule has 0 atom stereocenters. The van der Waals surface area contributed by atoms with Gasteiger partial charge in [-0.3, -0.25) is 4.79 Å². The first-order valence-corrected chi connectivity index (χ1v) is 5.78. The van der Waals surface area contributed by atoms with E-state index in [-0.39, 0.29) is 5.91 Å². The zero-order chi connectivity index (χ0) is 11.4. The molecule has 3 heteroatoms. The minimum atomic E-state index is -0.0514. The Balaban J connectivity index is 1.93. The number of benzene rings is 1. The Hall–Kier alpha value is -1.51. The molecule has 1 aliphatic carbocycles. The van der Waals surface area contributed by atoms with Crippen LogP contribution in [0.15, 0.2) is 24.3 Å². The summed E-state index contributed by atoms with van der Waals surface area (Å²) in [7, 11) is 0. The van der Waals surface area contributed by atoms with Crippen molar-refractivity contribution in [3.8, 4) is 5.75 Å². The van der Waals surface area contributed by atoms with E-state index in [4.69, 9.17) is 4.74 Å². The van der Waals surface area contributed by atoms with E-state index in [1.807, 2.05) is 24.3 Å². The molecule has 0 saturated heterocycles. The maximum Gasteiger partial charge on any atom is 0.221 e. The Morgan fingerprint density at radius 1 is 1.25 bits per heavy atom. The molecule has 1 N–H and O–H groups in total. The van der Waals surface area contributed by atoms with Gasteiger partial charge < -0.3 is 10.1 Å². The lowest BCUT2D eigenvalue weighted by Crippen LogP contribution is -2.11. The first kappa shape index (κ1) is 11.0. The molecule has 86 valence electrons. The molecule has 1 fully saturated rings. The zero-order valence-electron chi connectivity index (χ0n) is 9.53. The van der Waals surface area contributed by atoms with E-state index in [0.717, 1.165) is 24.3 Å². The summed E-state index contributed by atoms with van der Waals surface area (Å²) in [6, 6.07) is 7.55. The molecule has 1 aromatic carbocycles. The van der Waals surface area contributed by atoms with Gasteiger partial charge in [0, 0.05) is 12.6 Å². The van der Waals surface area contributed by atoms with Crippen LogP contribution in [0.1, 0.15) is 32.6 Å². The Morgan fingerprint density at radius 2 is 1.88 bits per heavy atom. The third-order valence-corrected chi connectivity index (χ3v) is 2.78. The van der Waals surface area contributed by atoms with Crippen LogP contribution in [0.3, 0.4) is 0 Å². The average molecular weight is 219 g/mol. The summed E-state index contributed by atoms with van der Waals surface area (Å²) >= 11 is 0. The highest BCUT2D eigenvalue weighted by molar-refractivity contribution is 5.88. The Bertz CT molecular complexity index is 353. The lowest BCUT2D eigenvalue weighted by atomic mass is 10.2. The number of anilines is 1. The SMILES string of the molecule is CC(=O)Nc1ccc(OC2CCCC2)cc1. The summed E-state index contributed by atoms with van der Waals surface area (Å²) < 4.78 is 5.82. The van der Waals surface area contributed by atoms with Crippen LogP contribution in [-0.2, 0) is 4.79 Å². The fourth-order valence-electron chi connectivity index (χ4n) is 2.02. The van der Waals surface area contributed by atoms with Crippen molar-refractivity contribution >= 4 is 11.6 Å². The summed E-state index contributed by atoms with van der Waals surface area (Å²) in [4.78, 5) is 10.8. The molecule has 2 rings (SSSR count). The first-order chi connectivity index (χ1) is 7.74. The van der Waals surface area contributed by atoms with Gasteiger partial charge in [-0.05, 0) is 49.9 Å². The van der Waals surface area contributed by atoms with E-state index in [1.54, 1.807) is 0 Å². The van der Waals surface area contributed by atoms with Gasteiger partial charge in [-0.25, -0.2) is 0 Å². The predicted molar refractivity (Wildman–Crippen MR) is 63.6 cm³/mol. The lowest BCUT2D eigenvalue weighted by molar-refractivity contribution is -0.114. The fraction of sp³-hybridized carbons (Fsp3) is 0.462. The maximum atomic E-state index is 10.8. The molecule has 0 heterocycles. The van der Waals surface area contributed by atoms with E-state index < -0.39 is 0 Å². The molecule has 0 bridgehead atoms. The van der Waals surface area contributed by atoms with Crippen molar-refractivity contribution in [2.45, 2.75) is 38.7 Å². The van der Waals surface area contributed by atoms with Crippen molar-refractivity contribution in [1.29, 1.82) is 0 Å². The minimum Gasteiger partial charge on any atom is -0.490 e. The number of nitrogens with one attached hydrogen (secondary N) is 1. The largest absolute Gasteiger partial charge is 0.490 e. The Morgan fingerprint density at radius 3 is 2.44 bits per heavy atom. The second-order valence-electron chi connectivity index (χ2n) is 4.23. The third kappa shape index (κ3) is 2.99. The molecule has 1 amide bonds. The van der Waals surface area contributed by atoms with Gasteiger partial charge in [-0.2, -0.15) is 0 Å². The van der Waals surface area contributed by atoms with Crippen molar-refractivity contribution < 1.29 is 9.53 Å². The highest BCUT2D eigenvalue weighted by Gasteiger charge is 2.16. The van der Waals surface area contributed by atoms with Gasteiger partial charge in [0.15, 0.2) is 0 Å². The highest BCUT2D eigenvalue weighted by atomic mass is 16.5. The Kier molecular flexibility index (Phi) is 3.44. The standard InChI is InChI=1S/C13H17NO2/c1-10(15)14-11-6-8-13(9-7-11)16-12-4-2-3-5-12/h6-9,12H,2-5H2,1H3,(H,14,15). The van der Waals surface area contributed by atoms with Crippen LogP contribution in [0.4, 0.5) is 5.69 Å². The van der Waals surface area contributed by atoms with Gasteiger partial charge in [0.05, 0.1) is 6.10 Å². The number of hydrogen-bond acceptors (Lipinski definition) is 2. The summed E-state index contributed by atoms with van der Waals surface area (Å²) in [6.45, 7) is 1.50. The maximum absolute atomic E-state index is 10.8. The molecule has 16 heavy (non-hydrogen) atoms. The van der Waals surface area contributed by atoms with E-state index in [1.165, 1.54) is 19.8 Å². The molecule has 0 aliphatic heterocycles. The number of amides is 1. The number of carbonyl (C=O) groups is 1. The predicted octanol–water partition coefficient (Wildman–Crippen LogP) is 2.97. The molecule has 1 aliphatic rings. The van der Waals surface area contributed by atoms with Gasteiger partial charge in [-0.1, -0.05) is 0 Å². The van der Waals surface area contributed by atoms with Crippen molar-refractivity contribution in [2.24, 2.45) is 0 Å². The normalized spacial score (nSPS) is 16.1. The zero-order valence-corrected chi connectivity index (χ0v) is 9.53. The topological polar surface area (TPSA) is 38.3 Å². The molecular weight excluding hydrogens is 202 g/mol. The summed E-state index contributed by atoms with van der Waals surface area (Å²) in [5.74, 6) is 0.838. The van der Waals surface area contributed by atoms with Gasteiger partial charge in [-0.15, -0.1) is 0 Å². The van der Waals surface area contributed by atoms with Crippen LogP contribution >= 0.6 is 0 Å². The van der Waals surface area contributed by atoms with E-state index in [2.05, 4.69) is 5.32 Å². The van der Waals surface area contributed by atoms with E-state index in [9.17, 15) is 4.79 Å². The fourth-order valence-corrected chi connectivity index (χ4v) is 2.02. The monoisotopic (exact) mass is 219 g/mol. The van der Waals surface area contributed by atoms with Crippen molar-refractivity contribution in [3.63, 3.8) is 0 Å². The molecule has 0 radical (unpaired) electrons. The van der Waals surface area contributed by atoms with Crippen LogP contribution in [0.2, 0.25) is 0 Å². The number of ether oxygens (including phenoxy) is 1. The average Bonchev–Trinajstić information content (AvgIpc) is 2.73. The van der Waals surface area contributed by atoms with Crippen molar-refractivity contribution in [3.05, 3.63) is 24.3 Å². The Labute approximate surface area is 95.8 Å². The van der Waals surface area contributed by atoms with Crippen LogP contribution < -0.4 is 10.1 Å². The molecule has 3 nitrogen and oxygen atoms in total. The van der Waals surface area contributed by atoms with E-state index in [0.29, 0.717) is 6.10 Å². The smallest absolute Gasteiger partial charge is 0.221 e. The quantitative estimate of drug-likeness (QED) is 0.848.